The van der Waals surface area contributed by atoms with Crippen LogP contribution in [0.15, 0.2) is 18.7 Å². The van der Waals surface area contributed by atoms with Crippen LogP contribution in [0.1, 0.15) is 6.42 Å². The van der Waals surface area contributed by atoms with Crippen molar-refractivity contribution in [1.29, 1.82) is 0 Å². The van der Waals surface area contributed by atoms with Gasteiger partial charge in [-0.2, -0.15) is 8.42 Å². The smallest absolute Gasteiger partial charge is 0.307 e. The summed E-state index contributed by atoms with van der Waals surface area (Å²) in [5.41, 5.74) is 0.374. The molecule has 0 saturated carbocycles. The average molecular weight is 245 g/mol. The number of rotatable bonds is 2. The number of carbonyl (C=O) groups excluding carboxylic acids is 1. The van der Waals surface area contributed by atoms with E-state index in [-0.39, 0.29) is 13.0 Å². The second kappa shape index (κ2) is 3.78. The first kappa shape index (κ1) is 10.9. The minimum absolute atomic E-state index is 0.189. The van der Waals surface area contributed by atoms with E-state index in [4.69, 9.17) is 0 Å². The van der Waals surface area contributed by atoms with Crippen LogP contribution in [-0.4, -0.2) is 36.1 Å². The molecule has 0 bridgehead atoms. The molecule has 1 aliphatic rings. The van der Waals surface area contributed by atoms with Gasteiger partial charge in [0.2, 0.25) is 5.91 Å². The number of anilines is 1. The fourth-order valence-corrected chi connectivity index (χ4v) is 2.21. The van der Waals surface area contributed by atoms with Gasteiger partial charge < -0.3 is 4.90 Å². The maximum atomic E-state index is 12.7. The van der Waals surface area contributed by atoms with Crippen molar-refractivity contribution in [2.24, 2.45) is 0 Å². The van der Waals surface area contributed by atoms with E-state index < -0.39 is 21.4 Å². The minimum Gasteiger partial charge on any atom is -0.308 e. The molecule has 8 heteroatoms. The van der Waals surface area contributed by atoms with Gasteiger partial charge in [0.05, 0.1) is 18.1 Å². The molecule has 0 spiro atoms. The summed E-state index contributed by atoms with van der Waals surface area (Å²) < 4.78 is 34.1. The highest BCUT2D eigenvalue weighted by Gasteiger charge is 2.39. The Hall–Kier alpha value is -1.57. The fraction of sp³-hybridized carbons (Fsp3) is 0.375. The Balaban J connectivity index is 2.25. The SMILES string of the molecule is O=C1CC(S(=O)(=O)F)CN1c1cncnc1. The highest BCUT2D eigenvalue weighted by Crippen LogP contribution is 2.24. The van der Waals surface area contributed by atoms with Gasteiger partial charge in [-0.25, -0.2) is 9.97 Å². The number of hydrogen-bond donors (Lipinski definition) is 0. The third-order valence-electron chi connectivity index (χ3n) is 2.35. The summed E-state index contributed by atoms with van der Waals surface area (Å²) in [5, 5.41) is -1.29. The van der Waals surface area contributed by atoms with Gasteiger partial charge in [-0.3, -0.25) is 4.79 Å². The van der Waals surface area contributed by atoms with E-state index >= 15 is 0 Å². The molecule has 1 fully saturated rings. The maximum Gasteiger partial charge on any atom is 0.307 e. The Morgan fingerprint density at radius 2 is 2.00 bits per heavy atom. The molecule has 1 atom stereocenters. The first-order chi connectivity index (χ1) is 7.48. The summed E-state index contributed by atoms with van der Waals surface area (Å²) >= 11 is 0. The van der Waals surface area contributed by atoms with E-state index in [1.165, 1.54) is 23.6 Å². The molecule has 2 heterocycles. The molecule has 1 unspecified atom stereocenters. The fourth-order valence-electron chi connectivity index (χ4n) is 1.54. The monoisotopic (exact) mass is 245 g/mol. The van der Waals surface area contributed by atoms with Gasteiger partial charge in [0.25, 0.3) is 0 Å². The number of aromatic nitrogens is 2. The van der Waals surface area contributed by atoms with E-state index in [2.05, 4.69) is 9.97 Å². The van der Waals surface area contributed by atoms with Crippen LogP contribution in [0.2, 0.25) is 0 Å². The van der Waals surface area contributed by atoms with Crippen molar-refractivity contribution in [2.45, 2.75) is 11.7 Å². The van der Waals surface area contributed by atoms with Gasteiger partial charge >= 0.3 is 10.2 Å². The first-order valence-corrected chi connectivity index (χ1v) is 5.92. The number of nitrogens with zero attached hydrogens (tertiary/aromatic N) is 3. The van der Waals surface area contributed by atoms with Gasteiger partial charge in [-0.1, -0.05) is 0 Å². The average Bonchev–Trinajstić information content (AvgIpc) is 2.61. The van der Waals surface area contributed by atoms with Crippen molar-refractivity contribution in [1.82, 2.24) is 9.97 Å². The number of hydrogen-bond acceptors (Lipinski definition) is 5. The molecule has 16 heavy (non-hydrogen) atoms. The van der Waals surface area contributed by atoms with E-state index in [1.807, 2.05) is 0 Å². The third kappa shape index (κ3) is 2.01. The molecule has 86 valence electrons. The molecular weight excluding hydrogens is 237 g/mol. The Kier molecular flexibility index (Phi) is 2.58. The van der Waals surface area contributed by atoms with Crippen LogP contribution >= 0.6 is 0 Å². The molecule has 6 nitrogen and oxygen atoms in total. The van der Waals surface area contributed by atoms with Gasteiger partial charge in [0, 0.05) is 13.0 Å². The second-order valence-corrected chi connectivity index (χ2v) is 5.02. The molecule has 0 aromatic carbocycles. The number of carbonyl (C=O) groups is 1. The van der Waals surface area contributed by atoms with Crippen LogP contribution < -0.4 is 4.90 Å². The van der Waals surface area contributed by atoms with E-state index in [1.54, 1.807) is 0 Å². The van der Waals surface area contributed by atoms with Crippen LogP contribution in [-0.2, 0) is 15.0 Å². The summed E-state index contributed by atoms with van der Waals surface area (Å²) in [6, 6.07) is 0. The quantitative estimate of drug-likeness (QED) is 0.679. The zero-order valence-electron chi connectivity index (χ0n) is 8.08. The summed E-state index contributed by atoms with van der Waals surface area (Å²) in [7, 11) is -4.68. The summed E-state index contributed by atoms with van der Waals surface area (Å²) in [6.07, 6.45) is 3.69. The maximum absolute atomic E-state index is 12.7. The highest BCUT2D eigenvalue weighted by molar-refractivity contribution is 7.87. The van der Waals surface area contributed by atoms with Crippen molar-refractivity contribution < 1.29 is 17.1 Å². The molecule has 1 amide bonds. The normalized spacial score (nSPS) is 21.4. The van der Waals surface area contributed by atoms with Gasteiger partial charge in [0.1, 0.15) is 11.6 Å². The molecule has 1 aromatic rings. The van der Waals surface area contributed by atoms with Crippen LogP contribution in [0.25, 0.3) is 0 Å². The largest absolute Gasteiger partial charge is 0.308 e. The Morgan fingerprint density at radius 1 is 1.38 bits per heavy atom. The molecule has 0 aliphatic carbocycles. The Labute approximate surface area is 91.3 Å². The highest BCUT2D eigenvalue weighted by atomic mass is 32.3. The predicted octanol–water partition coefficient (Wildman–Crippen LogP) is -0.119. The van der Waals surface area contributed by atoms with Crippen LogP contribution in [0.3, 0.4) is 0 Å². The Morgan fingerprint density at radius 3 is 2.50 bits per heavy atom. The first-order valence-electron chi connectivity index (χ1n) is 4.47. The second-order valence-electron chi connectivity index (χ2n) is 3.40. The zero-order chi connectivity index (χ0) is 11.8. The van der Waals surface area contributed by atoms with Crippen LogP contribution in [0.5, 0.6) is 0 Å². The molecule has 0 radical (unpaired) electrons. The van der Waals surface area contributed by atoms with Crippen molar-refractivity contribution in [2.75, 3.05) is 11.4 Å². The molecule has 1 saturated heterocycles. The van der Waals surface area contributed by atoms with Crippen molar-refractivity contribution in [3.8, 4) is 0 Å². The molecule has 1 aliphatic heterocycles. The number of halogens is 1. The molecule has 0 N–H and O–H groups in total. The standard InChI is InChI=1S/C8H8FN3O3S/c9-16(14,15)7-1-8(13)12(4-7)6-2-10-5-11-3-6/h2-3,5,7H,1,4H2. The molecule has 2 rings (SSSR count). The number of amides is 1. The lowest BCUT2D eigenvalue weighted by molar-refractivity contribution is -0.117. The minimum atomic E-state index is -4.68. The van der Waals surface area contributed by atoms with Crippen LogP contribution in [0.4, 0.5) is 9.57 Å². The van der Waals surface area contributed by atoms with Crippen molar-refractivity contribution in [3.63, 3.8) is 0 Å². The van der Waals surface area contributed by atoms with Crippen molar-refractivity contribution in [3.05, 3.63) is 18.7 Å². The van der Waals surface area contributed by atoms with Gasteiger partial charge in [0.15, 0.2) is 0 Å². The summed E-state index contributed by atoms with van der Waals surface area (Å²) in [6.45, 7) is -0.189. The topological polar surface area (TPSA) is 80.2 Å². The molecular formula is C8H8FN3O3S. The van der Waals surface area contributed by atoms with Gasteiger partial charge in [-0.05, 0) is 0 Å². The Bertz CT molecular complexity index is 505. The summed E-state index contributed by atoms with van der Waals surface area (Å²) in [4.78, 5) is 20.0. The van der Waals surface area contributed by atoms with E-state index in [0.29, 0.717) is 5.69 Å². The lowest BCUT2D eigenvalue weighted by atomic mass is 10.4. The molecule has 1 aromatic heterocycles. The predicted molar refractivity (Wildman–Crippen MR) is 52.8 cm³/mol. The summed E-state index contributed by atoms with van der Waals surface area (Å²) in [5.74, 6) is -0.443. The van der Waals surface area contributed by atoms with E-state index in [9.17, 15) is 17.1 Å². The lowest BCUT2D eigenvalue weighted by Gasteiger charge is -2.14. The lowest BCUT2D eigenvalue weighted by Crippen LogP contribution is -2.27. The van der Waals surface area contributed by atoms with Gasteiger partial charge in [-0.15, -0.1) is 3.89 Å². The van der Waals surface area contributed by atoms with Crippen molar-refractivity contribution >= 4 is 21.8 Å². The van der Waals surface area contributed by atoms with Crippen LogP contribution in [0, 0.1) is 0 Å². The zero-order valence-corrected chi connectivity index (χ0v) is 8.89. The third-order valence-corrected chi connectivity index (χ3v) is 3.46. The van der Waals surface area contributed by atoms with E-state index in [0.717, 1.165) is 0 Å².